The summed E-state index contributed by atoms with van der Waals surface area (Å²) >= 11 is 0. The summed E-state index contributed by atoms with van der Waals surface area (Å²) in [6.07, 6.45) is 7.24. The van der Waals surface area contributed by atoms with Crippen LogP contribution in [0.4, 0.5) is 5.69 Å². The minimum Gasteiger partial charge on any atom is -0.326 e. The number of rotatable bonds is 4. The smallest absolute Gasteiger partial charge is 0.224 e. The van der Waals surface area contributed by atoms with Crippen molar-refractivity contribution in [1.82, 2.24) is 15.3 Å². The normalized spacial score (nSPS) is 15.3. The molecule has 0 aliphatic carbocycles. The number of fused-ring (bicyclic) bond motifs is 1. The first-order valence-corrected chi connectivity index (χ1v) is 7.52. The largest absolute Gasteiger partial charge is 0.326 e. The van der Waals surface area contributed by atoms with Gasteiger partial charge in [0, 0.05) is 24.5 Å². The van der Waals surface area contributed by atoms with E-state index in [0.717, 1.165) is 36.2 Å². The number of aromatic nitrogens is 2. The predicted octanol–water partition coefficient (Wildman–Crippen LogP) is 2.77. The molecule has 1 amide bonds. The molecule has 2 heterocycles. The average molecular weight is 321 g/mol. The molecule has 118 valence electrons. The van der Waals surface area contributed by atoms with Crippen molar-refractivity contribution in [2.75, 3.05) is 18.4 Å². The summed E-state index contributed by atoms with van der Waals surface area (Å²) in [5, 5.41) is 6.30. The molecule has 5 nitrogen and oxygen atoms in total. The molecule has 1 aliphatic heterocycles. The Balaban J connectivity index is 0.00000176. The highest BCUT2D eigenvalue weighted by Gasteiger charge is 2.14. The quantitative estimate of drug-likeness (QED) is 0.909. The zero-order valence-electron chi connectivity index (χ0n) is 12.4. The maximum atomic E-state index is 12.0. The number of hydrogen-bond donors (Lipinski definition) is 2. The Morgan fingerprint density at radius 2 is 1.91 bits per heavy atom. The molecule has 6 heteroatoms. The Bertz CT molecular complexity index is 628. The number of piperidine rings is 1. The minimum atomic E-state index is 0. The third-order valence-corrected chi connectivity index (χ3v) is 3.99. The molecule has 0 atom stereocenters. The van der Waals surface area contributed by atoms with Crippen molar-refractivity contribution < 1.29 is 4.79 Å². The van der Waals surface area contributed by atoms with E-state index in [1.54, 1.807) is 12.4 Å². The zero-order valence-corrected chi connectivity index (χ0v) is 13.2. The van der Waals surface area contributed by atoms with E-state index in [1.807, 2.05) is 18.2 Å². The van der Waals surface area contributed by atoms with Crippen molar-refractivity contribution in [3.8, 4) is 0 Å². The Morgan fingerprint density at radius 3 is 2.68 bits per heavy atom. The molecule has 0 saturated carbocycles. The standard InChI is InChI=1S/C16H20N4O.ClH/c21-16(4-1-12-5-7-17-8-6-12)20-13-2-3-14-15(11-13)19-10-9-18-14;/h2-3,9-12,17H,1,4-8H2,(H,20,21);1H. The summed E-state index contributed by atoms with van der Waals surface area (Å²) in [4.78, 5) is 20.5. The number of halogens is 1. The Labute approximate surface area is 136 Å². The zero-order chi connectivity index (χ0) is 14.5. The summed E-state index contributed by atoms with van der Waals surface area (Å²) in [6, 6.07) is 5.62. The summed E-state index contributed by atoms with van der Waals surface area (Å²) in [5.41, 5.74) is 2.43. The Hall–Kier alpha value is -1.72. The number of nitrogens with one attached hydrogen (secondary N) is 2. The number of carbonyl (C=O) groups is 1. The lowest BCUT2D eigenvalue weighted by atomic mass is 9.93. The molecule has 22 heavy (non-hydrogen) atoms. The second-order valence-corrected chi connectivity index (χ2v) is 5.54. The van der Waals surface area contributed by atoms with Gasteiger partial charge in [-0.15, -0.1) is 12.4 Å². The van der Waals surface area contributed by atoms with E-state index in [9.17, 15) is 4.79 Å². The molecule has 0 bridgehead atoms. The van der Waals surface area contributed by atoms with Crippen molar-refractivity contribution in [3.05, 3.63) is 30.6 Å². The minimum absolute atomic E-state index is 0. The van der Waals surface area contributed by atoms with Crippen LogP contribution in [0, 0.1) is 5.92 Å². The van der Waals surface area contributed by atoms with Gasteiger partial charge in [0.15, 0.2) is 0 Å². The first-order valence-electron chi connectivity index (χ1n) is 7.52. The second kappa shape index (κ2) is 8.06. The third-order valence-electron chi connectivity index (χ3n) is 3.99. The summed E-state index contributed by atoms with van der Waals surface area (Å²) in [7, 11) is 0. The van der Waals surface area contributed by atoms with Crippen LogP contribution in [0.5, 0.6) is 0 Å². The van der Waals surface area contributed by atoms with Gasteiger partial charge < -0.3 is 10.6 Å². The monoisotopic (exact) mass is 320 g/mol. The molecule has 0 unspecified atom stereocenters. The van der Waals surface area contributed by atoms with Gasteiger partial charge >= 0.3 is 0 Å². The van der Waals surface area contributed by atoms with Crippen LogP contribution in [-0.2, 0) is 4.79 Å². The van der Waals surface area contributed by atoms with Gasteiger partial charge in [-0.3, -0.25) is 14.8 Å². The fourth-order valence-electron chi connectivity index (χ4n) is 2.77. The molecule has 1 aromatic carbocycles. The lowest BCUT2D eigenvalue weighted by molar-refractivity contribution is -0.116. The van der Waals surface area contributed by atoms with E-state index in [-0.39, 0.29) is 18.3 Å². The van der Waals surface area contributed by atoms with Crippen LogP contribution < -0.4 is 10.6 Å². The maximum Gasteiger partial charge on any atom is 0.224 e. The van der Waals surface area contributed by atoms with Gasteiger partial charge in [-0.25, -0.2) is 0 Å². The van der Waals surface area contributed by atoms with Crippen LogP contribution in [0.1, 0.15) is 25.7 Å². The molecule has 2 N–H and O–H groups in total. The maximum absolute atomic E-state index is 12.0. The van der Waals surface area contributed by atoms with E-state index in [0.29, 0.717) is 12.3 Å². The molecule has 1 aliphatic rings. The number of hydrogen-bond acceptors (Lipinski definition) is 4. The van der Waals surface area contributed by atoms with Crippen LogP contribution >= 0.6 is 12.4 Å². The Morgan fingerprint density at radius 1 is 1.18 bits per heavy atom. The molecular formula is C16H21ClN4O. The van der Waals surface area contributed by atoms with Gasteiger partial charge in [0.25, 0.3) is 0 Å². The first-order chi connectivity index (χ1) is 10.3. The predicted molar refractivity (Wildman–Crippen MR) is 90.2 cm³/mol. The molecule has 0 spiro atoms. The van der Waals surface area contributed by atoms with Gasteiger partial charge in [0.1, 0.15) is 0 Å². The van der Waals surface area contributed by atoms with Crippen molar-refractivity contribution in [1.29, 1.82) is 0 Å². The molecular weight excluding hydrogens is 300 g/mol. The van der Waals surface area contributed by atoms with Gasteiger partial charge in [-0.2, -0.15) is 0 Å². The highest BCUT2D eigenvalue weighted by molar-refractivity contribution is 5.92. The van der Waals surface area contributed by atoms with E-state index in [1.165, 1.54) is 12.8 Å². The van der Waals surface area contributed by atoms with E-state index in [4.69, 9.17) is 0 Å². The number of nitrogens with zero attached hydrogens (tertiary/aromatic N) is 2. The highest BCUT2D eigenvalue weighted by atomic mass is 35.5. The van der Waals surface area contributed by atoms with Crippen LogP contribution in [0.25, 0.3) is 11.0 Å². The van der Waals surface area contributed by atoms with E-state index in [2.05, 4.69) is 20.6 Å². The Kier molecular flexibility index (Phi) is 6.10. The van der Waals surface area contributed by atoms with Crippen molar-refractivity contribution >= 4 is 35.0 Å². The van der Waals surface area contributed by atoms with Gasteiger partial charge in [0.2, 0.25) is 5.91 Å². The highest BCUT2D eigenvalue weighted by Crippen LogP contribution is 2.19. The fraction of sp³-hybridized carbons (Fsp3) is 0.438. The molecule has 1 aromatic heterocycles. The lowest BCUT2D eigenvalue weighted by Crippen LogP contribution is -2.28. The SMILES string of the molecule is Cl.O=C(CCC1CCNCC1)Nc1ccc2nccnc2c1. The molecule has 2 aromatic rings. The molecule has 3 rings (SSSR count). The lowest BCUT2D eigenvalue weighted by Gasteiger charge is -2.22. The fourth-order valence-corrected chi connectivity index (χ4v) is 2.77. The van der Waals surface area contributed by atoms with Crippen LogP contribution in [0.2, 0.25) is 0 Å². The average Bonchev–Trinajstić information content (AvgIpc) is 2.54. The van der Waals surface area contributed by atoms with Crippen molar-refractivity contribution in [2.45, 2.75) is 25.7 Å². The summed E-state index contributed by atoms with van der Waals surface area (Å²) < 4.78 is 0. The second-order valence-electron chi connectivity index (χ2n) is 5.54. The van der Waals surface area contributed by atoms with Crippen LogP contribution in [0.15, 0.2) is 30.6 Å². The van der Waals surface area contributed by atoms with Crippen LogP contribution in [0.3, 0.4) is 0 Å². The van der Waals surface area contributed by atoms with E-state index < -0.39 is 0 Å². The number of benzene rings is 1. The molecule has 1 fully saturated rings. The van der Waals surface area contributed by atoms with Crippen molar-refractivity contribution in [2.24, 2.45) is 5.92 Å². The van der Waals surface area contributed by atoms with Crippen molar-refractivity contribution in [3.63, 3.8) is 0 Å². The van der Waals surface area contributed by atoms with E-state index >= 15 is 0 Å². The van der Waals surface area contributed by atoms with Crippen LogP contribution in [-0.4, -0.2) is 29.0 Å². The van der Waals surface area contributed by atoms with Gasteiger partial charge in [0.05, 0.1) is 11.0 Å². The third kappa shape index (κ3) is 4.39. The van der Waals surface area contributed by atoms with Gasteiger partial charge in [-0.05, 0) is 56.5 Å². The van der Waals surface area contributed by atoms with Gasteiger partial charge in [-0.1, -0.05) is 0 Å². The number of carbonyl (C=O) groups excluding carboxylic acids is 1. The summed E-state index contributed by atoms with van der Waals surface area (Å²) in [5.74, 6) is 0.760. The molecule has 0 radical (unpaired) electrons. The number of anilines is 1. The summed E-state index contributed by atoms with van der Waals surface area (Å²) in [6.45, 7) is 2.16. The topological polar surface area (TPSA) is 66.9 Å². The molecule has 1 saturated heterocycles. The first kappa shape index (κ1) is 16.6. The number of amides is 1.